The Hall–Kier alpha value is -1.38. The number of carboxylic acid groups (broad SMARTS) is 1. The van der Waals surface area contributed by atoms with Gasteiger partial charge in [0.05, 0.1) is 5.56 Å². The summed E-state index contributed by atoms with van der Waals surface area (Å²) in [6, 6.07) is 1.86. The molecule has 15 heavy (non-hydrogen) atoms. The van der Waals surface area contributed by atoms with Crippen LogP contribution in [0.4, 0.5) is 0 Å². The van der Waals surface area contributed by atoms with Gasteiger partial charge in [-0.05, 0) is 30.4 Å². The Morgan fingerprint density at radius 1 is 1.33 bits per heavy atom. The van der Waals surface area contributed by atoms with Crippen molar-refractivity contribution >= 4 is 5.97 Å². The first-order valence-electron chi connectivity index (χ1n) is 5.46. The van der Waals surface area contributed by atoms with Crippen molar-refractivity contribution in [3.63, 3.8) is 0 Å². The molecule has 0 aromatic carbocycles. The first-order chi connectivity index (χ1) is 7.29. The lowest BCUT2D eigenvalue weighted by Crippen LogP contribution is -2.10. The smallest absolute Gasteiger partial charge is 0.337 e. The van der Waals surface area contributed by atoms with Crippen LogP contribution in [0.3, 0.4) is 0 Å². The van der Waals surface area contributed by atoms with Crippen LogP contribution in [0.25, 0.3) is 0 Å². The highest BCUT2D eigenvalue weighted by molar-refractivity contribution is 5.89. The van der Waals surface area contributed by atoms with Crippen LogP contribution in [0.5, 0.6) is 0 Å². The van der Waals surface area contributed by atoms with Crippen LogP contribution < -0.4 is 0 Å². The molecule has 1 N–H and O–H groups in total. The maximum Gasteiger partial charge on any atom is 0.337 e. The predicted molar refractivity (Wildman–Crippen MR) is 57.0 cm³/mol. The van der Waals surface area contributed by atoms with Gasteiger partial charge in [-0.25, -0.2) is 4.79 Å². The SMILES string of the molecule is O=C(O)c1cnccc1C1CCCCC1. The van der Waals surface area contributed by atoms with Crippen molar-refractivity contribution in [2.45, 2.75) is 38.0 Å². The minimum atomic E-state index is -0.858. The van der Waals surface area contributed by atoms with Crippen molar-refractivity contribution in [2.75, 3.05) is 0 Å². The minimum Gasteiger partial charge on any atom is -0.478 e. The number of pyridine rings is 1. The maximum atomic E-state index is 11.0. The van der Waals surface area contributed by atoms with Crippen molar-refractivity contribution in [1.29, 1.82) is 0 Å². The summed E-state index contributed by atoms with van der Waals surface area (Å²) in [5, 5.41) is 9.06. The van der Waals surface area contributed by atoms with Gasteiger partial charge in [-0.2, -0.15) is 0 Å². The van der Waals surface area contributed by atoms with Gasteiger partial charge in [-0.1, -0.05) is 19.3 Å². The summed E-state index contributed by atoms with van der Waals surface area (Å²) < 4.78 is 0. The molecule has 1 heterocycles. The van der Waals surface area contributed by atoms with Crippen LogP contribution in [-0.4, -0.2) is 16.1 Å². The van der Waals surface area contributed by atoms with Gasteiger partial charge in [0.15, 0.2) is 0 Å². The van der Waals surface area contributed by atoms with E-state index in [1.165, 1.54) is 25.5 Å². The molecule has 1 fully saturated rings. The number of nitrogens with zero attached hydrogens (tertiary/aromatic N) is 1. The third-order valence-corrected chi connectivity index (χ3v) is 3.13. The van der Waals surface area contributed by atoms with Crippen molar-refractivity contribution in [2.24, 2.45) is 0 Å². The summed E-state index contributed by atoms with van der Waals surface area (Å²) in [6.07, 6.45) is 9.10. The lowest BCUT2D eigenvalue weighted by Gasteiger charge is -2.22. The Bertz CT molecular complexity index is 356. The molecule has 0 radical (unpaired) electrons. The van der Waals surface area contributed by atoms with Gasteiger partial charge in [0, 0.05) is 12.4 Å². The van der Waals surface area contributed by atoms with E-state index in [4.69, 9.17) is 5.11 Å². The Morgan fingerprint density at radius 2 is 2.07 bits per heavy atom. The van der Waals surface area contributed by atoms with Gasteiger partial charge in [-0.15, -0.1) is 0 Å². The Balaban J connectivity index is 2.29. The van der Waals surface area contributed by atoms with Gasteiger partial charge in [0.2, 0.25) is 0 Å². The molecular formula is C12H15NO2. The summed E-state index contributed by atoms with van der Waals surface area (Å²) in [5.41, 5.74) is 1.35. The van der Waals surface area contributed by atoms with E-state index in [0.29, 0.717) is 11.5 Å². The molecule has 1 aromatic heterocycles. The third kappa shape index (κ3) is 2.17. The van der Waals surface area contributed by atoms with E-state index >= 15 is 0 Å². The molecule has 0 amide bonds. The fourth-order valence-electron chi connectivity index (χ4n) is 2.35. The number of aromatic nitrogens is 1. The van der Waals surface area contributed by atoms with E-state index in [9.17, 15) is 4.79 Å². The molecule has 0 spiro atoms. The van der Waals surface area contributed by atoms with Gasteiger partial charge >= 0.3 is 5.97 Å². The lowest BCUT2D eigenvalue weighted by molar-refractivity contribution is 0.0694. The van der Waals surface area contributed by atoms with E-state index in [2.05, 4.69) is 4.98 Å². The highest BCUT2D eigenvalue weighted by Gasteiger charge is 2.20. The maximum absolute atomic E-state index is 11.0. The van der Waals surface area contributed by atoms with Crippen molar-refractivity contribution in [3.8, 4) is 0 Å². The van der Waals surface area contributed by atoms with Crippen molar-refractivity contribution in [3.05, 3.63) is 29.6 Å². The average Bonchev–Trinajstić information content (AvgIpc) is 2.30. The summed E-state index contributed by atoms with van der Waals surface area (Å²) in [7, 11) is 0. The average molecular weight is 205 g/mol. The Labute approximate surface area is 89.2 Å². The molecule has 1 aromatic rings. The van der Waals surface area contributed by atoms with Crippen molar-refractivity contribution < 1.29 is 9.90 Å². The first kappa shape index (κ1) is 10.1. The first-order valence-corrected chi connectivity index (χ1v) is 5.46. The summed E-state index contributed by atoms with van der Waals surface area (Å²) in [6.45, 7) is 0. The van der Waals surface area contributed by atoms with Crippen LogP contribution in [-0.2, 0) is 0 Å². The molecule has 1 aliphatic rings. The zero-order valence-corrected chi connectivity index (χ0v) is 8.65. The zero-order valence-electron chi connectivity index (χ0n) is 8.65. The van der Waals surface area contributed by atoms with E-state index in [0.717, 1.165) is 18.4 Å². The van der Waals surface area contributed by atoms with Crippen LogP contribution >= 0.6 is 0 Å². The van der Waals surface area contributed by atoms with Gasteiger partial charge < -0.3 is 5.11 Å². The summed E-state index contributed by atoms with van der Waals surface area (Å²) in [4.78, 5) is 14.9. The lowest BCUT2D eigenvalue weighted by atomic mass is 9.83. The number of rotatable bonds is 2. The van der Waals surface area contributed by atoms with Gasteiger partial charge in [-0.3, -0.25) is 4.98 Å². The summed E-state index contributed by atoms with van der Waals surface area (Å²) >= 11 is 0. The molecule has 0 atom stereocenters. The molecule has 0 bridgehead atoms. The zero-order chi connectivity index (χ0) is 10.7. The standard InChI is InChI=1S/C12H15NO2/c14-12(15)11-8-13-7-6-10(11)9-4-2-1-3-5-9/h6-9H,1-5H2,(H,14,15). The quantitative estimate of drug-likeness (QED) is 0.807. The number of hydrogen-bond acceptors (Lipinski definition) is 2. The van der Waals surface area contributed by atoms with E-state index in [1.807, 2.05) is 6.07 Å². The molecule has 3 nitrogen and oxygen atoms in total. The number of aromatic carboxylic acids is 1. The van der Waals surface area contributed by atoms with Gasteiger partial charge in [0.25, 0.3) is 0 Å². The molecule has 3 heteroatoms. The van der Waals surface area contributed by atoms with Crippen LogP contribution in [0, 0.1) is 0 Å². The van der Waals surface area contributed by atoms with E-state index in [-0.39, 0.29) is 0 Å². The third-order valence-electron chi connectivity index (χ3n) is 3.13. The highest BCUT2D eigenvalue weighted by atomic mass is 16.4. The fourth-order valence-corrected chi connectivity index (χ4v) is 2.35. The summed E-state index contributed by atoms with van der Waals surface area (Å²) in [5.74, 6) is -0.434. The number of hydrogen-bond donors (Lipinski definition) is 1. The molecule has 0 aliphatic heterocycles. The second-order valence-corrected chi connectivity index (χ2v) is 4.10. The second-order valence-electron chi connectivity index (χ2n) is 4.10. The Morgan fingerprint density at radius 3 is 2.73 bits per heavy atom. The predicted octanol–water partition coefficient (Wildman–Crippen LogP) is 2.83. The number of carboxylic acids is 1. The van der Waals surface area contributed by atoms with Crippen molar-refractivity contribution in [1.82, 2.24) is 4.98 Å². The molecule has 0 saturated heterocycles. The molecule has 80 valence electrons. The van der Waals surface area contributed by atoms with Crippen LogP contribution in [0.15, 0.2) is 18.5 Å². The monoisotopic (exact) mass is 205 g/mol. The molecule has 0 unspecified atom stereocenters. The normalized spacial score (nSPS) is 17.6. The fraction of sp³-hybridized carbons (Fsp3) is 0.500. The van der Waals surface area contributed by atoms with E-state index < -0.39 is 5.97 Å². The molecule has 1 aliphatic carbocycles. The van der Waals surface area contributed by atoms with Crippen LogP contribution in [0.2, 0.25) is 0 Å². The number of carbonyl (C=O) groups is 1. The molecule has 1 saturated carbocycles. The second kappa shape index (κ2) is 4.43. The topological polar surface area (TPSA) is 50.2 Å². The molecular weight excluding hydrogens is 190 g/mol. The largest absolute Gasteiger partial charge is 0.478 e. The molecule has 2 rings (SSSR count). The van der Waals surface area contributed by atoms with E-state index in [1.54, 1.807) is 6.20 Å². The highest BCUT2D eigenvalue weighted by Crippen LogP contribution is 2.33. The minimum absolute atomic E-state index is 0.379. The Kier molecular flexibility index (Phi) is 2.99. The van der Waals surface area contributed by atoms with Gasteiger partial charge in [0.1, 0.15) is 0 Å². The van der Waals surface area contributed by atoms with Crippen LogP contribution in [0.1, 0.15) is 53.9 Å².